The van der Waals surface area contributed by atoms with Crippen molar-refractivity contribution in [2.75, 3.05) is 0 Å². The minimum Gasteiger partial charge on any atom is -1.00 e. The fourth-order valence-corrected chi connectivity index (χ4v) is 0. The van der Waals surface area contributed by atoms with Gasteiger partial charge in [-0.25, -0.2) is 0 Å². The maximum absolute atomic E-state index is 0. The van der Waals surface area contributed by atoms with E-state index in [1.165, 1.54) is 0 Å². The van der Waals surface area contributed by atoms with Crippen molar-refractivity contribution in [2.24, 2.45) is 0 Å². The predicted molar refractivity (Wildman–Crippen MR) is 19.3 cm³/mol. The number of hydrogen-bond donors (Lipinski definition) is 0. The van der Waals surface area contributed by atoms with Crippen molar-refractivity contribution in [2.45, 2.75) is 0 Å². The molecule has 0 rings (SSSR count). The van der Waals surface area contributed by atoms with Crippen molar-refractivity contribution >= 4 is 34.0 Å². The summed E-state index contributed by atoms with van der Waals surface area (Å²) in [4.78, 5) is 0. The van der Waals surface area contributed by atoms with Crippen LogP contribution in [0.2, 0.25) is 0 Å². The average molecular weight is 460 g/mol. The van der Waals surface area contributed by atoms with Crippen molar-refractivity contribution in [3.05, 3.63) is 0 Å². The molecule has 43 valence electrons. The van der Waals surface area contributed by atoms with Crippen LogP contribution in [0.3, 0.4) is 0 Å². The molecule has 0 bridgehead atoms. The van der Waals surface area contributed by atoms with E-state index in [0.717, 1.165) is 0 Å². The van der Waals surface area contributed by atoms with Gasteiger partial charge in [0.2, 0.25) is 0 Å². The second-order valence-electron chi connectivity index (χ2n) is 0. The van der Waals surface area contributed by atoms with Gasteiger partial charge >= 0.3 is 23.1 Å². The normalized spacial score (nSPS) is 0. The first-order chi connectivity index (χ1) is 0. The van der Waals surface area contributed by atoms with E-state index in [1.807, 2.05) is 0 Å². The molecule has 0 aliphatic carbocycles. The van der Waals surface area contributed by atoms with Crippen molar-refractivity contribution in [1.29, 1.82) is 0 Å². The van der Waals surface area contributed by atoms with Crippen LogP contribution in [-0.4, -0.2) is 34.0 Å². The molecule has 0 saturated carbocycles. The molecule has 6 heavy (non-hydrogen) atoms. The van der Waals surface area contributed by atoms with Gasteiger partial charge in [-0.1, -0.05) is 0 Å². The molecule has 0 amide bonds. The third-order valence-electron chi connectivity index (χ3n) is 0. The predicted octanol–water partition coefficient (Wildman–Crippen LogP) is -1.62. The van der Waals surface area contributed by atoms with Gasteiger partial charge in [0.15, 0.2) is 0 Å². The van der Waals surface area contributed by atoms with E-state index < -0.39 is 0 Å². The van der Waals surface area contributed by atoms with Gasteiger partial charge in [-0.3, -0.25) is 0 Å². The van der Waals surface area contributed by atoms with E-state index in [1.54, 1.807) is 0 Å². The summed E-state index contributed by atoms with van der Waals surface area (Å²) in [5.74, 6) is 0. The summed E-state index contributed by atoms with van der Waals surface area (Å²) in [5, 5.41) is 0. The van der Waals surface area contributed by atoms with Gasteiger partial charge < -0.3 is 2.85 Å². The van der Waals surface area contributed by atoms with Gasteiger partial charge in [-0.15, -0.1) is 0 Å². The Labute approximate surface area is 111 Å². The largest absolute Gasteiger partial charge is 2.00 e. The Morgan fingerprint density at radius 1 is 1.17 bits per heavy atom. The second-order valence-corrected chi connectivity index (χ2v) is 0. The molecule has 0 N–H and O–H groups in total. The molecule has 0 aromatic heterocycles. The van der Waals surface area contributed by atoms with Gasteiger partial charge in [0.25, 0.3) is 0 Å². The van der Waals surface area contributed by atoms with Crippen molar-refractivity contribution in [3.63, 3.8) is 0 Å². The van der Waals surface area contributed by atoms with Gasteiger partial charge in [-0.05, 0) is 11.0 Å². The zero-order valence-electron chi connectivity index (χ0n) is 4.16. The zero-order chi connectivity index (χ0) is 0. The van der Waals surface area contributed by atoms with Crippen LogP contribution in [0.1, 0.15) is 2.85 Å². The average Bonchev–Trinajstić information content (AvgIpc) is 0. The first-order valence-electron chi connectivity index (χ1n) is 0. The summed E-state index contributed by atoms with van der Waals surface area (Å²) in [7, 11) is 0. The molecule has 0 nitrogen and oxygen atoms in total. The van der Waals surface area contributed by atoms with Gasteiger partial charge in [0, 0.05) is 76.3 Å². The Hall–Kier alpha value is 3.40. The fraction of sp³-hybridized carbons (Fsp3) is 0. The molecule has 0 unspecified atom stereocenters. The summed E-state index contributed by atoms with van der Waals surface area (Å²) >= 11 is 0. The molecule has 0 spiro atoms. The molecule has 0 fully saturated rings. The van der Waals surface area contributed by atoms with Crippen LogP contribution in [0.5, 0.6) is 0 Å². The fourth-order valence-electron chi connectivity index (χ4n) is 0. The SMILES string of the molecule is [Fe].[H-].[H-].[Mg+2].[Mn].[Mo].[Pt].[SiH4]. The summed E-state index contributed by atoms with van der Waals surface area (Å²) < 4.78 is 0. The maximum Gasteiger partial charge on any atom is 2.00 e. The summed E-state index contributed by atoms with van der Waals surface area (Å²) in [6, 6.07) is 0. The van der Waals surface area contributed by atoms with Crippen molar-refractivity contribution < 1.29 is 79.1 Å². The first kappa shape index (κ1) is 57.4. The Balaban J connectivity index is 0. The third-order valence-corrected chi connectivity index (χ3v) is 0. The van der Waals surface area contributed by atoms with Crippen LogP contribution in [-0.2, 0) is 76.3 Å². The van der Waals surface area contributed by atoms with E-state index in [-0.39, 0.29) is 113 Å². The molecular weight excluding hydrogens is 454 g/mol. The Kier molecular flexibility index (Phi) is 381. The minimum atomic E-state index is 0. The Morgan fingerprint density at radius 2 is 1.17 bits per heavy atom. The summed E-state index contributed by atoms with van der Waals surface area (Å²) in [5.41, 5.74) is 0. The monoisotopic (exact) mass is 462 g/mol. The number of hydrogen-bond acceptors (Lipinski definition) is 0. The maximum atomic E-state index is 0. The van der Waals surface area contributed by atoms with Crippen LogP contribution >= 0.6 is 0 Å². The van der Waals surface area contributed by atoms with Gasteiger partial charge in [-0.2, -0.15) is 0 Å². The third kappa shape index (κ3) is 26.2. The topological polar surface area (TPSA) is 0 Å². The molecule has 1 radical (unpaired) electrons. The van der Waals surface area contributed by atoms with Crippen LogP contribution in [0.15, 0.2) is 0 Å². The molecule has 0 aliphatic rings. The van der Waals surface area contributed by atoms with E-state index in [9.17, 15) is 0 Å². The van der Waals surface area contributed by atoms with E-state index >= 15 is 0 Å². The summed E-state index contributed by atoms with van der Waals surface area (Å²) in [6.07, 6.45) is 0. The molecular formula is H6FeMgMnMoPtSi. The Morgan fingerprint density at radius 3 is 1.17 bits per heavy atom. The first-order valence-corrected chi connectivity index (χ1v) is 0. The minimum absolute atomic E-state index is 0. The Bertz CT molecular complexity index is 22.0. The molecule has 6 heteroatoms. The van der Waals surface area contributed by atoms with Gasteiger partial charge in [0.1, 0.15) is 0 Å². The van der Waals surface area contributed by atoms with E-state index in [4.69, 9.17) is 0 Å². The van der Waals surface area contributed by atoms with Crippen LogP contribution in [0.25, 0.3) is 0 Å². The van der Waals surface area contributed by atoms with Crippen LogP contribution in [0, 0.1) is 0 Å². The van der Waals surface area contributed by atoms with Crippen LogP contribution in [0.4, 0.5) is 0 Å². The van der Waals surface area contributed by atoms with Crippen molar-refractivity contribution in [3.8, 4) is 0 Å². The second kappa shape index (κ2) is 39.8. The molecule has 0 aromatic carbocycles. The standard InChI is InChI=1S/Fe.Mg.Mn.Mo.Pt.H4Si.2H/h;;;;;1H4;;/q;+2;;;;;2*-1. The zero-order valence-corrected chi connectivity index (χ0v) is 10.1. The van der Waals surface area contributed by atoms with E-state index in [2.05, 4.69) is 0 Å². The van der Waals surface area contributed by atoms with E-state index in [0.29, 0.717) is 0 Å². The van der Waals surface area contributed by atoms with Crippen molar-refractivity contribution in [1.82, 2.24) is 0 Å². The molecule has 0 saturated heterocycles. The van der Waals surface area contributed by atoms with Gasteiger partial charge in [0.05, 0.1) is 0 Å². The molecule has 0 atom stereocenters. The quantitative estimate of drug-likeness (QED) is 0.382. The van der Waals surface area contributed by atoms with Crippen LogP contribution < -0.4 is 0 Å². The summed E-state index contributed by atoms with van der Waals surface area (Å²) in [6.45, 7) is 0. The smallest absolute Gasteiger partial charge is 1.00 e. The molecule has 0 aliphatic heterocycles. The number of rotatable bonds is 0. The molecule has 0 heterocycles. The molecule has 0 aromatic rings.